The molecule has 0 aromatic heterocycles. The maximum absolute atomic E-state index is 12.2. The molecule has 0 saturated heterocycles. The fraction of sp³-hybridized carbons (Fsp3) is 0.375. The highest BCUT2D eigenvalue weighted by molar-refractivity contribution is 6.31. The summed E-state index contributed by atoms with van der Waals surface area (Å²) in [4.78, 5) is 10.3. The van der Waals surface area contributed by atoms with Crippen LogP contribution in [0.2, 0.25) is 0 Å². The van der Waals surface area contributed by atoms with Crippen molar-refractivity contribution in [2.45, 2.75) is 19.0 Å². The van der Waals surface area contributed by atoms with Crippen LogP contribution in [0.4, 0.5) is 13.2 Å². The smallest absolute Gasteiger partial charge is 0.298 e. The molecule has 0 saturated carbocycles. The minimum absolute atomic E-state index is 0.00942. The zero-order valence-corrected chi connectivity index (χ0v) is 7.24. The highest BCUT2D eigenvalue weighted by Crippen LogP contribution is 2.37. The van der Waals surface area contributed by atoms with E-state index in [1.54, 1.807) is 0 Å². The highest BCUT2D eigenvalue weighted by atomic mass is 35.5. The summed E-state index contributed by atoms with van der Waals surface area (Å²) >= 11 is 5.49. The Bertz CT molecular complexity index is 288. The zero-order chi connectivity index (χ0) is 10.1. The van der Waals surface area contributed by atoms with Gasteiger partial charge in [0.2, 0.25) is 0 Å². The van der Waals surface area contributed by atoms with E-state index in [9.17, 15) is 18.0 Å². The van der Waals surface area contributed by atoms with Crippen LogP contribution in [0.15, 0.2) is 22.3 Å². The third kappa shape index (κ3) is 2.12. The van der Waals surface area contributed by atoms with Gasteiger partial charge in [-0.25, -0.2) is 0 Å². The molecule has 5 heteroatoms. The lowest BCUT2D eigenvalue weighted by Crippen LogP contribution is -2.17. The van der Waals surface area contributed by atoms with Gasteiger partial charge in [0.25, 0.3) is 0 Å². The number of alkyl halides is 3. The van der Waals surface area contributed by atoms with E-state index in [0.717, 1.165) is 6.08 Å². The van der Waals surface area contributed by atoms with Gasteiger partial charge in [-0.1, -0.05) is 17.7 Å². The quantitative estimate of drug-likeness (QED) is 0.608. The Morgan fingerprint density at radius 3 is 2.46 bits per heavy atom. The molecule has 72 valence electrons. The predicted octanol–water partition coefficient (Wildman–Crippen LogP) is 2.96. The van der Waals surface area contributed by atoms with Gasteiger partial charge in [0, 0.05) is 10.6 Å². The molecule has 1 aliphatic carbocycles. The average Bonchev–Trinajstić information content (AvgIpc) is 2.02. The van der Waals surface area contributed by atoms with E-state index >= 15 is 0 Å². The fourth-order valence-electron chi connectivity index (χ4n) is 1.13. The Hall–Kier alpha value is -0.770. The van der Waals surface area contributed by atoms with Gasteiger partial charge in [-0.3, -0.25) is 4.79 Å². The minimum Gasteiger partial charge on any atom is -0.298 e. The Morgan fingerprint density at radius 1 is 1.46 bits per heavy atom. The first kappa shape index (κ1) is 10.3. The van der Waals surface area contributed by atoms with Crippen LogP contribution in [-0.2, 0) is 4.79 Å². The topological polar surface area (TPSA) is 17.1 Å². The summed E-state index contributed by atoms with van der Waals surface area (Å²) in [5.41, 5.74) is -1.35. The summed E-state index contributed by atoms with van der Waals surface area (Å²) in [7, 11) is 0. The Kier molecular flexibility index (Phi) is 2.81. The molecular formula is C8H6ClF3O. The predicted molar refractivity (Wildman–Crippen MR) is 42.3 cm³/mol. The van der Waals surface area contributed by atoms with E-state index in [4.69, 9.17) is 11.6 Å². The van der Waals surface area contributed by atoms with Crippen molar-refractivity contribution < 1.29 is 18.0 Å². The van der Waals surface area contributed by atoms with E-state index < -0.39 is 17.3 Å². The number of rotatable bonds is 1. The van der Waals surface area contributed by atoms with Gasteiger partial charge in [-0.15, -0.1) is 0 Å². The first-order valence-electron chi connectivity index (χ1n) is 3.58. The van der Waals surface area contributed by atoms with Crippen LogP contribution in [-0.4, -0.2) is 12.5 Å². The molecule has 0 atom stereocenters. The van der Waals surface area contributed by atoms with Gasteiger partial charge in [0.15, 0.2) is 6.29 Å². The Balaban J connectivity index is 3.11. The average molecular weight is 211 g/mol. The van der Waals surface area contributed by atoms with Crippen molar-refractivity contribution >= 4 is 17.9 Å². The molecule has 0 aromatic rings. The van der Waals surface area contributed by atoms with Gasteiger partial charge in [0.1, 0.15) is 0 Å². The van der Waals surface area contributed by atoms with Crippen LogP contribution < -0.4 is 0 Å². The van der Waals surface area contributed by atoms with E-state index in [1.165, 1.54) is 0 Å². The van der Waals surface area contributed by atoms with Crippen LogP contribution in [0.1, 0.15) is 12.8 Å². The third-order valence-electron chi connectivity index (χ3n) is 1.72. The van der Waals surface area contributed by atoms with Crippen LogP contribution in [0, 0.1) is 0 Å². The summed E-state index contributed by atoms with van der Waals surface area (Å²) < 4.78 is 36.7. The summed E-state index contributed by atoms with van der Waals surface area (Å²) in [6, 6.07) is 0. The largest absolute Gasteiger partial charge is 0.416 e. The fourth-order valence-corrected chi connectivity index (χ4v) is 1.39. The highest BCUT2D eigenvalue weighted by Gasteiger charge is 2.37. The maximum atomic E-state index is 12.2. The first-order chi connectivity index (χ1) is 5.96. The van der Waals surface area contributed by atoms with Crippen LogP contribution in [0.5, 0.6) is 0 Å². The Morgan fingerprint density at radius 2 is 2.08 bits per heavy atom. The van der Waals surface area contributed by atoms with Crippen molar-refractivity contribution in [1.29, 1.82) is 0 Å². The van der Waals surface area contributed by atoms with Gasteiger partial charge in [-0.05, 0) is 12.8 Å². The molecule has 0 unspecified atom stereocenters. The second-order valence-corrected chi connectivity index (χ2v) is 3.05. The molecule has 0 radical (unpaired) electrons. The summed E-state index contributed by atoms with van der Waals surface area (Å²) in [6.45, 7) is 0. The SMILES string of the molecule is O=CC1=C(Cl)CCC=C1C(F)(F)F. The monoisotopic (exact) mass is 210 g/mol. The van der Waals surface area contributed by atoms with Crippen molar-refractivity contribution in [2.75, 3.05) is 0 Å². The van der Waals surface area contributed by atoms with Crippen LogP contribution >= 0.6 is 11.6 Å². The molecule has 0 bridgehead atoms. The molecule has 0 fully saturated rings. The molecule has 1 rings (SSSR count). The van der Waals surface area contributed by atoms with Gasteiger partial charge in [-0.2, -0.15) is 13.2 Å². The number of allylic oxidation sites excluding steroid dienone is 4. The molecular weight excluding hydrogens is 205 g/mol. The van der Waals surface area contributed by atoms with E-state index in [-0.39, 0.29) is 17.7 Å². The number of hydrogen-bond acceptors (Lipinski definition) is 1. The molecule has 1 aliphatic rings. The first-order valence-corrected chi connectivity index (χ1v) is 3.96. The second-order valence-electron chi connectivity index (χ2n) is 2.59. The molecule has 0 N–H and O–H groups in total. The maximum Gasteiger partial charge on any atom is 0.416 e. The van der Waals surface area contributed by atoms with E-state index in [2.05, 4.69) is 0 Å². The zero-order valence-electron chi connectivity index (χ0n) is 6.49. The number of carbonyl (C=O) groups is 1. The standard InChI is InChI=1S/C8H6ClF3O/c9-7-3-1-2-6(5(7)4-13)8(10,11)12/h2,4H,1,3H2. The molecule has 1 nitrogen and oxygen atoms in total. The van der Waals surface area contributed by atoms with Crippen molar-refractivity contribution in [3.63, 3.8) is 0 Å². The van der Waals surface area contributed by atoms with Gasteiger partial charge in [0.05, 0.1) is 5.57 Å². The number of carbonyl (C=O) groups excluding carboxylic acids is 1. The number of halogens is 4. The molecule has 13 heavy (non-hydrogen) atoms. The van der Waals surface area contributed by atoms with Gasteiger partial charge >= 0.3 is 6.18 Å². The van der Waals surface area contributed by atoms with Crippen LogP contribution in [0.25, 0.3) is 0 Å². The summed E-state index contributed by atoms with van der Waals surface area (Å²) in [6.07, 6.45) is -2.81. The lowest BCUT2D eigenvalue weighted by Gasteiger charge is -2.16. The lowest BCUT2D eigenvalue weighted by atomic mass is 9.98. The molecule has 0 aromatic carbocycles. The van der Waals surface area contributed by atoms with Crippen LogP contribution in [0.3, 0.4) is 0 Å². The Labute approximate surface area is 77.9 Å². The van der Waals surface area contributed by atoms with Crippen molar-refractivity contribution in [1.82, 2.24) is 0 Å². The second kappa shape index (κ2) is 3.54. The number of aldehydes is 1. The molecule has 0 spiro atoms. The summed E-state index contributed by atoms with van der Waals surface area (Å²) in [5, 5.41) is -0.00942. The summed E-state index contributed by atoms with van der Waals surface area (Å²) in [5.74, 6) is 0. The minimum atomic E-state index is -4.49. The number of hydrogen-bond donors (Lipinski definition) is 0. The normalized spacial score (nSPS) is 18.6. The van der Waals surface area contributed by atoms with Crippen molar-refractivity contribution in [2.24, 2.45) is 0 Å². The van der Waals surface area contributed by atoms with E-state index in [0.29, 0.717) is 6.42 Å². The molecule has 0 aliphatic heterocycles. The lowest BCUT2D eigenvalue weighted by molar-refractivity contribution is -0.108. The van der Waals surface area contributed by atoms with Crippen molar-refractivity contribution in [3.05, 3.63) is 22.3 Å². The van der Waals surface area contributed by atoms with Crippen molar-refractivity contribution in [3.8, 4) is 0 Å². The van der Waals surface area contributed by atoms with Gasteiger partial charge < -0.3 is 0 Å². The third-order valence-corrected chi connectivity index (χ3v) is 2.11. The molecule has 0 heterocycles. The van der Waals surface area contributed by atoms with E-state index in [1.807, 2.05) is 0 Å². The molecule has 0 amide bonds.